The molecule has 0 spiro atoms. The average Bonchev–Trinajstić information content (AvgIpc) is 2.81. The number of hydrogen-bond acceptors (Lipinski definition) is 6. The Balaban J connectivity index is 1.36. The van der Waals surface area contributed by atoms with Crippen LogP contribution in [0.5, 0.6) is 0 Å². The molecule has 0 amide bonds. The van der Waals surface area contributed by atoms with Crippen LogP contribution in [-0.2, 0) is 27.8 Å². The zero-order valence-corrected chi connectivity index (χ0v) is 19.9. The molecule has 2 unspecified atom stereocenters. The molecule has 11 heteroatoms. The highest BCUT2D eigenvalue weighted by atomic mass is 32.2. The van der Waals surface area contributed by atoms with Crippen LogP contribution in [0, 0.1) is 11.3 Å². The number of sulfonamides is 1. The first kappa shape index (κ1) is 25.6. The molecule has 0 aliphatic carbocycles. The Hall–Kier alpha value is -2.49. The highest BCUT2D eigenvalue weighted by molar-refractivity contribution is 7.89. The molecule has 35 heavy (non-hydrogen) atoms. The van der Waals surface area contributed by atoms with Gasteiger partial charge in [-0.05, 0) is 23.3 Å². The fraction of sp³-hybridized carbons (Fsp3) is 0.458. The van der Waals surface area contributed by atoms with Gasteiger partial charge in [0.2, 0.25) is 0 Å². The normalized spacial score (nSPS) is 21.7. The van der Waals surface area contributed by atoms with Crippen LogP contribution in [0.3, 0.4) is 0 Å². The fourth-order valence-electron chi connectivity index (χ4n) is 4.59. The van der Waals surface area contributed by atoms with E-state index in [-0.39, 0.29) is 31.8 Å². The number of ether oxygens (including phenoxy) is 1. The van der Waals surface area contributed by atoms with E-state index in [0.29, 0.717) is 41.6 Å². The number of fused-ring (bicyclic) bond motifs is 2. The molecule has 2 aliphatic rings. The molecule has 0 aromatic heterocycles. The summed E-state index contributed by atoms with van der Waals surface area (Å²) in [6, 6.07) is 17.8. The molecule has 0 radical (unpaired) electrons. The van der Waals surface area contributed by atoms with Crippen LogP contribution in [0.15, 0.2) is 54.6 Å². The number of nitriles is 1. The maximum Gasteiger partial charge on any atom is 0.511 e. The van der Waals surface area contributed by atoms with Crippen LogP contribution in [0.2, 0.25) is 0 Å². The molecule has 0 saturated carbocycles. The molecule has 2 aliphatic heterocycles. The maximum atomic E-state index is 13.3. The maximum absolute atomic E-state index is 13.3. The first-order valence-corrected chi connectivity index (χ1v) is 12.8. The van der Waals surface area contributed by atoms with Crippen molar-refractivity contribution in [3.8, 4) is 6.07 Å². The van der Waals surface area contributed by atoms with Crippen molar-refractivity contribution in [2.45, 2.75) is 30.8 Å². The zero-order chi connectivity index (χ0) is 25.1. The number of benzene rings is 2. The molecular weight excluding hydrogens is 481 g/mol. The van der Waals surface area contributed by atoms with Gasteiger partial charge in [-0.1, -0.05) is 42.5 Å². The van der Waals surface area contributed by atoms with E-state index in [9.17, 15) is 21.6 Å². The van der Waals surface area contributed by atoms with E-state index in [4.69, 9.17) is 10.00 Å². The summed E-state index contributed by atoms with van der Waals surface area (Å²) in [5.41, 5.74) is -3.15. The summed E-state index contributed by atoms with van der Waals surface area (Å²) in [6.45, 7) is 2.69. The lowest BCUT2D eigenvalue weighted by molar-refractivity contribution is -0.140. The molecule has 2 aromatic rings. The Morgan fingerprint density at radius 2 is 1.54 bits per heavy atom. The van der Waals surface area contributed by atoms with Crippen LogP contribution in [0.1, 0.15) is 16.7 Å². The van der Waals surface area contributed by atoms with Crippen molar-refractivity contribution in [1.29, 1.82) is 5.26 Å². The number of halogens is 3. The lowest BCUT2D eigenvalue weighted by Gasteiger charge is -2.46. The van der Waals surface area contributed by atoms with Gasteiger partial charge in [0.25, 0.3) is 0 Å². The molecule has 2 bridgehead atoms. The summed E-state index contributed by atoms with van der Waals surface area (Å²) in [6.07, 6.45) is -0.217. The molecule has 2 heterocycles. The number of alkyl halides is 3. The zero-order valence-electron chi connectivity index (χ0n) is 19.1. The van der Waals surface area contributed by atoms with E-state index in [1.54, 1.807) is 42.5 Å². The largest absolute Gasteiger partial charge is 0.511 e. The predicted molar refractivity (Wildman–Crippen MR) is 123 cm³/mol. The smallest absolute Gasteiger partial charge is 0.370 e. The number of morpholine rings is 2. The number of nitrogens with zero attached hydrogens (tertiary/aromatic N) is 4. The van der Waals surface area contributed by atoms with Crippen LogP contribution in [0.25, 0.3) is 0 Å². The molecule has 2 saturated heterocycles. The average molecular weight is 509 g/mol. The second-order valence-corrected chi connectivity index (χ2v) is 10.8. The first-order valence-electron chi connectivity index (χ1n) is 11.3. The van der Waals surface area contributed by atoms with Gasteiger partial charge in [-0.25, -0.2) is 8.42 Å². The number of rotatable bonds is 8. The lowest BCUT2D eigenvalue weighted by Crippen LogP contribution is -2.60. The van der Waals surface area contributed by atoms with Gasteiger partial charge in [-0.15, -0.1) is 0 Å². The van der Waals surface area contributed by atoms with E-state index in [0.717, 1.165) is 12.1 Å². The summed E-state index contributed by atoms with van der Waals surface area (Å²) < 4.78 is 71.0. The molecule has 2 atom stereocenters. The van der Waals surface area contributed by atoms with E-state index in [2.05, 4.69) is 11.0 Å². The summed E-state index contributed by atoms with van der Waals surface area (Å²) in [7, 11) is -5.46. The minimum Gasteiger partial charge on any atom is -0.370 e. The number of hydrogen-bond donors (Lipinski definition) is 0. The molecule has 2 aromatic carbocycles. The van der Waals surface area contributed by atoms with E-state index in [1.807, 2.05) is 17.0 Å². The summed E-state index contributed by atoms with van der Waals surface area (Å²) in [5, 5.41) is 8.95. The molecule has 0 N–H and O–H groups in total. The Bertz CT molecular complexity index is 1120. The van der Waals surface area contributed by atoms with Crippen molar-refractivity contribution in [2.24, 2.45) is 0 Å². The third-order valence-corrected chi connectivity index (χ3v) is 7.80. The second-order valence-electron chi connectivity index (χ2n) is 8.91. The molecule has 7 nitrogen and oxygen atoms in total. The third kappa shape index (κ3) is 6.39. The SMILES string of the molecule is N#Cc1ccc(CN2CC3CN(CCN(Cc4ccccc4)S(=O)(=O)C(F)(F)F)CC(C2)O3)cc1. The van der Waals surface area contributed by atoms with Crippen molar-refractivity contribution in [1.82, 2.24) is 14.1 Å². The van der Waals surface area contributed by atoms with Gasteiger partial charge in [0.15, 0.2) is 0 Å². The van der Waals surface area contributed by atoms with E-state index in [1.165, 1.54) is 0 Å². The van der Waals surface area contributed by atoms with Crippen molar-refractivity contribution in [2.75, 3.05) is 39.3 Å². The molecule has 188 valence electrons. The fourth-order valence-corrected chi connectivity index (χ4v) is 5.52. The highest BCUT2D eigenvalue weighted by Crippen LogP contribution is 2.28. The highest BCUT2D eigenvalue weighted by Gasteiger charge is 2.50. The standard InChI is InChI=1S/C24H27F3N4O3S/c25-24(26,27)35(32,33)31(14-20-4-2-1-3-5-20)11-10-29-15-22-17-30(18-23(16-29)34-22)13-21-8-6-19(12-28)7-9-21/h1-9,22-23H,10-11,13-18H2. The van der Waals surface area contributed by atoms with Gasteiger partial charge < -0.3 is 4.74 Å². The second kappa shape index (κ2) is 10.6. The quantitative estimate of drug-likeness (QED) is 0.546. The minimum absolute atomic E-state index is 0.109. The monoisotopic (exact) mass is 508 g/mol. The van der Waals surface area contributed by atoms with Crippen LogP contribution < -0.4 is 0 Å². The Labute approximate surface area is 203 Å². The van der Waals surface area contributed by atoms with Crippen molar-refractivity contribution < 1.29 is 26.3 Å². The van der Waals surface area contributed by atoms with E-state index < -0.39 is 15.5 Å². The minimum atomic E-state index is -5.46. The van der Waals surface area contributed by atoms with Gasteiger partial charge in [0.1, 0.15) is 0 Å². The third-order valence-electron chi connectivity index (χ3n) is 6.22. The van der Waals surface area contributed by atoms with Crippen LogP contribution in [-0.4, -0.2) is 79.5 Å². The first-order chi connectivity index (χ1) is 16.6. The summed E-state index contributed by atoms with van der Waals surface area (Å²) in [5.74, 6) is 0. The van der Waals surface area contributed by atoms with Crippen molar-refractivity contribution >= 4 is 10.0 Å². The van der Waals surface area contributed by atoms with Crippen molar-refractivity contribution in [3.05, 3.63) is 71.3 Å². The lowest BCUT2D eigenvalue weighted by atomic mass is 10.1. The van der Waals surface area contributed by atoms with Gasteiger partial charge >= 0.3 is 15.5 Å². The van der Waals surface area contributed by atoms with Gasteiger partial charge in [-0.3, -0.25) is 9.80 Å². The topological polar surface area (TPSA) is 76.9 Å². The van der Waals surface area contributed by atoms with Gasteiger partial charge in [0.05, 0.1) is 23.8 Å². The van der Waals surface area contributed by atoms with E-state index >= 15 is 0 Å². The molecule has 2 fully saturated rings. The summed E-state index contributed by atoms with van der Waals surface area (Å²) >= 11 is 0. The van der Waals surface area contributed by atoms with Crippen LogP contribution >= 0.6 is 0 Å². The van der Waals surface area contributed by atoms with Crippen molar-refractivity contribution in [3.63, 3.8) is 0 Å². The Morgan fingerprint density at radius 1 is 0.943 bits per heavy atom. The van der Waals surface area contributed by atoms with Crippen LogP contribution in [0.4, 0.5) is 13.2 Å². The molecular formula is C24H27F3N4O3S. The Morgan fingerprint density at radius 3 is 2.11 bits per heavy atom. The van der Waals surface area contributed by atoms with Gasteiger partial charge in [0, 0.05) is 52.4 Å². The predicted octanol–water partition coefficient (Wildman–Crippen LogP) is 2.80. The van der Waals surface area contributed by atoms with Gasteiger partial charge in [-0.2, -0.15) is 22.7 Å². The summed E-state index contributed by atoms with van der Waals surface area (Å²) in [4.78, 5) is 4.26. The Kier molecular flexibility index (Phi) is 7.78. The molecule has 4 rings (SSSR count).